The first-order valence-corrected chi connectivity index (χ1v) is 12.5. The lowest BCUT2D eigenvalue weighted by atomic mass is 9.94. The number of hydrogen-bond acceptors (Lipinski definition) is 2. The normalized spacial score (nSPS) is 11.2. The van der Waals surface area contributed by atoms with E-state index >= 15 is 0 Å². The van der Waals surface area contributed by atoms with Gasteiger partial charge in [0.25, 0.3) is 0 Å². The molecular formula is C34H27N2O+. The van der Waals surface area contributed by atoms with Crippen LogP contribution in [0.1, 0.15) is 22.3 Å². The van der Waals surface area contributed by atoms with Gasteiger partial charge in [-0.15, -0.1) is 0 Å². The van der Waals surface area contributed by atoms with Gasteiger partial charge in [-0.25, -0.2) is 4.57 Å². The number of pyridine rings is 1. The highest BCUT2D eigenvalue weighted by Crippen LogP contribution is 2.42. The fraction of sp³-hybridized carbons (Fsp3) is 0.118. The van der Waals surface area contributed by atoms with Crippen LogP contribution in [-0.4, -0.2) is 0 Å². The van der Waals surface area contributed by atoms with E-state index in [2.05, 4.69) is 117 Å². The highest BCUT2D eigenvalue weighted by Gasteiger charge is 2.23. The Kier molecular flexibility index (Phi) is 5.39. The van der Waals surface area contributed by atoms with Crippen LogP contribution in [0.3, 0.4) is 0 Å². The van der Waals surface area contributed by atoms with Gasteiger partial charge in [-0.2, -0.15) is 5.26 Å². The number of nitriles is 1. The molecule has 6 aromatic rings. The summed E-state index contributed by atoms with van der Waals surface area (Å²) in [5, 5.41) is 12.1. The molecule has 0 N–H and O–H groups in total. The van der Waals surface area contributed by atoms with Gasteiger partial charge in [0, 0.05) is 28.5 Å². The van der Waals surface area contributed by atoms with Crippen LogP contribution in [-0.2, 0) is 7.05 Å². The van der Waals surface area contributed by atoms with Crippen LogP contribution in [0.25, 0.3) is 55.4 Å². The summed E-state index contributed by atoms with van der Waals surface area (Å²) in [5.74, 6) is 0. The quantitative estimate of drug-likeness (QED) is 0.240. The molecule has 0 atom stereocenters. The maximum Gasteiger partial charge on any atom is 0.216 e. The van der Waals surface area contributed by atoms with Crippen molar-refractivity contribution >= 4 is 21.9 Å². The molecule has 0 aliphatic carbocycles. The van der Waals surface area contributed by atoms with Gasteiger partial charge in [0.15, 0.2) is 6.20 Å². The number of nitrogens with zero attached hydrogens (tertiary/aromatic N) is 2. The van der Waals surface area contributed by atoms with Gasteiger partial charge in [0.1, 0.15) is 18.2 Å². The van der Waals surface area contributed by atoms with E-state index < -0.39 is 0 Å². The largest absolute Gasteiger partial charge is 0.454 e. The molecule has 0 aliphatic heterocycles. The first-order valence-electron chi connectivity index (χ1n) is 12.5. The molecule has 4 aromatic carbocycles. The van der Waals surface area contributed by atoms with Gasteiger partial charge in [0.2, 0.25) is 5.69 Å². The minimum absolute atomic E-state index is 0.606. The van der Waals surface area contributed by atoms with Crippen molar-refractivity contribution in [2.75, 3.05) is 0 Å². The zero-order valence-electron chi connectivity index (χ0n) is 21.5. The van der Waals surface area contributed by atoms with E-state index in [1.165, 1.54) is 16.7 Å². The predicted molar refractivity (Wildman–Crippen MR) is 150 cm³/mol. The van der Waals surface area contributed by atoms with E-state index in [0.29, 0.717) is 5.56 Å². The Morgan fingerprint density at radius 2 is 1.35 bits per heavy atom. The molecule has 0 aliphatic rings. The standard InChI is InChI=1S/C34H27N2O/c1-21-6-5-7-26(18-21)24-9-11-25(12-10-24)32-27(20-35)13-15-29-28-14-8-23(3)31(33(28)37-34(29)32)30-19-22(2)16-17-36(30)4/h5-19H,1-4H3/q+1. The van der Waals surface area contributed by atoms with Gasteiger partial charge >= 0.3 is 0 Å². The van der Waals surface area contributed by atoms with Gasteiger partial charge in [-0.3, -0.25) is 0 Å². The van der Waals surface area contributed by atoms with Gasteiger partial charge < -0.3 is 4.42 Å². The molecule has 2 heterocycles. The summed E-state index contributed by atoms with van der Waals surface area (Å²) in [6.45, 7) is 6.33. The summed E-state index contributed by atoms with van der Waals surface area (Å²) in [7, 11) is 2.06. The average molecular weight is 480 g/mol. The van der Waals surface area contributed by atoms with Crippen molar-refractivity contribution in [3.63, 3.8) is 0 Å². The first kappa shape index (κ1) is 22.8. The molecule has 178 valence electrons. The zero-order valence-corrected chi connectivity index (χ0v) is 21.5. The Morgan fingerprint density at radius 1 is 0.676 bits per heavy atom. The van der Waals surface area contributed by atoms with E-state index in [1.54, 1.807) is 0 Å². The molecule has 0 amide bonds. The number of aromatic nitrogens is 1. The average Bonchev–Trinajstić information content (AvgIpc) is 3.28. The third kappa shape index (κ3) is 3.79. The number of rotatable bonds is 3. The third-order valence-electron chi connectivity index (χ3n) is 7.22. The molecule has 0 radical (unpaired) electrons. The summed E-state index contributed by atoms with van der Waals surface area (Å²) in [4.78, 5) is 0. The van der Waals surface area contributed by atoms with Gasteiger partial charge in [-0.1, -0.05) is 66.2 Å². The molecule has 3 heteroatoms. The molecule has 0 spiro atoms. The zero-order chi connectivity index (χ0) is 25.7. The molecule has 0 saturated carbocycles. The summed E-state index contributed by atoms with van der Waals surface area (Å²) >= 11 is 0. The van der Waals surface area contributed by atoms with E-state index in [9.17, 15) is 5.26 Å². The van der Waals surface area contributed by atoms with Crippen LogP contribution in [0.4, 0.5) is 0 Å². The van der Waals surface area contributed by atoms with E-state index in [1.807, 2.05) is 12.1 Å². The van der Waals surface area contributed by atoms with E-state index in [0.717, 1.165) is 55.4 Å². The second kappa shape index (κ2) is 8.76. The monoisotopic (exact) mass is 479 g/mol. The van der Waals surface area contributed by atoms with Crippen molar-refractivity contribution in [2.24, 2.45) is 7.05 Å². The Labute approximate surface area is 216 Å². The lowest BCUT2D eigenvalue weighted by Gasteiger charge is -2.08. The second-order valence-corrected chi connectivity index (χ2v) is 9.86. The van der Waals surface area contributed by atoms with Gasteiger partial charge in [-0.05, 0) is 60.7 Å². The molecule has 0 saturated heterocycles. The van der Waals surface area contributed by atoms with Gasteiger partial charge in [0.05, 0.1) is 17.2 Å². The SMILES string of the molecule is Cc1cccc(-c2ccc(-c3c(C#N)ccc4c3oc3c(-c5cc(C)cc[n+]5C)c(C)ccc34)cc2)c1. The van der Waals surface area contributed by atoms with Crippen molar-refractivity contribution in [1.29, 1.82) is 5.26 Å². The molecule has 0 fully saturated rings. The number of furan rings is 1. The Balaban J connectivity index is 1.60. The molecule has 6 rings (SSSR count). The van der Waals surface area contributed by atoms with Crippen LogP contribution in [0, 0.1) is 32.1 Å². The lowest BCUT2D eigenvalue weighted by Crippen LogP contribution is -2.30. The molecular weight excluding hydrogens is 452 g/mol. The summed E-state index contributed by atoms with van der Waals surface area (Å²) in [5.41, 5.74) is 12.1. The van der Waals surface area contributed by atoms with Crippen molar-refractivity contribution in [2.45, 2.75) is 20.8 Å². The minimum atomic E-state index is 0.606. The lowest BCUT2D eigenvalue weighted by molar-refractivity contribution is -0.660. The Hall–Kier alpha value is -4.68. The second-order valence-electron chi connectivity index (χ2n) is 9.86. The number of aryl methyl sites for hydroxylation is 4. The van der Waals surface area contributed by atoms with Crippen molar-refractivity contribution in [3.8, 4) is 39.6 Å². The third-order valence-corrected chi connectivity index (χ3v) is 7.22. The Morgan fingerprint density at radius 3 is 2.08 bits per heavy atom. The molecule has 0 unspecified atom stereocenters. The highest BCUT2D eigenvalue weighted by atomic mass is 16.3. The van der Waals surface area contributed by atoms with Crippen molar-refractivity contribution in [1.82, 2.24) is 0 Å². The van der Waals surface area contributed by atoms with Crippen molar-refractivity contribution < 1.29 is 8.98 Å². The van der Waals surface area contributed by atoms with Crippen LogP contribution >= 0.6 is 0 Å². The van der Waals surface area contributed by atoms with Crippen LogP contribution in [0.15, 0.2) is 95.5 Å². The van der Waals surface area contributed by atoms with Crippen LogP contribution < -0.4 is 4.57 Å². The fourth-order valence-electron chi connectivity index (χ4n) is 5.28. The highest BCUT2D eigenvalue weighted by molar-refractivity contribution is 6.14. The number of fused-ring (bicyclic) bond motifs is 3. The topological polar surface area (TPSA) is 40.8 Å². The summed E-state index contributed by atoms with van der Waals surface area (Å²) in [6.07, 6.45) is 2.08. The molecule has 0 bridgehead atoms. The maximum atomic E-state index is 10.0. The number of hydrogen-bond donors (Lipinski definition) is 0. The smallest absolute Gasteiger partial charge is 0.216 e. The van der Waals surface area contributed by atoms with Crippen LogP contribution in [0.2, 0.25) is 0 Å². The van der Waals surface area contributed by atoms with E-state index in [4.69, 9.17) is 4.42 Å². The molecule has 37 heavy (non-hydrogen) atoms. The maximum absolute atomic E-state index is 10.0. The summed E-state index contributed by atoms with van der Waals surface area (Å²) in [6, 6.07) is 31.8. The van der Waals surface area contributed by atoms with E-state index in [-0.39, 0.29) is 0 Å². The first-order chi connectivity index (χ1) is 17.9. The molecule has 3 nitrogen and oxygen atoms in total. The minimum Gasteiger partial charge on any atom is -0.454 e. The van der Waals surface area contributed by atoms with Crippen LogP contribution in [0.5, 0.6) is 0 Å². The van der Waals surface area contributed by atoms with Crippen molar-refractivity contribution in [3.05, 3.63) is 113 Å². The fourth-order valence-corrected chi connectivity index (χ4v) is 5.28. The predicted octanol–water partition coefficient (Wildman–Crippen LogP) is 8.21. The number of benzene rings is 4. The molecule has 2 aromatic heterocycles. The summed E-state index contributed by atoms with van der Waals surface area (Å²) < 4.78 is 8.84. The Bertz CT molecular complexity index is 1870.